The zero-order valence-electron chi connectivity index (χ0n) is 18.3. The van der Waals surface area contributed by atoms with Crippen LogP contribution in [0, 0.1) is 0 Å². The Hall–Kier alpha value is -3.55. The second kappa shape index (κ2) is 8.18. The van der Waals surface area contributed by atoms with Gasteiger partial charge in [0, 0.05) is 5.92 Å². The molecule has 2 aromatic rings. The van der Waals surface area contributed by atoms with Crippen LogP contribution in [0.1, 0.15) is 37.8 Å². The third kappa shape index (κ3) is 4.12. The molecule has 2 aliphatic rings. The van der Waals surface area contributed by atoms with Crippen molar-refractivity contribution in [3.8, 4) is 11.1 Å². The molecule has 8 heteroatoms. The fraction of sp³-hybridized carbons (Fsp3) is 0.375. The lowest BCUT2D eigenvalue weighted by Crippen LogP contribution is -2.42. The first kappa shape index (κ1) is 21.7. The van der Waals surface area contributed by atoms with Crippen LogP contribution in [-0.4, -0.2) is 64.5 Å². The van der Waals surface area contributed by atoms with Gasteiger partial charge in [0.2, 0.25) is 0 Å². The molecule has 0 bridgehead atoms. The monoisotopic (exact) mass is 438 g/mol. The van der Waals surface area contributed by atoms with Gasteiger partial charge in [-0.05, 0) is 43.0 Å². The highest BCUT2D eigenvalue weighted by Gasteiger charge is 2.43. The third-order valence-corrected chi connectivity index (χ3v) is 5.60. The van der Waals surface area contributed by atoms with Crippen molar-refractivity contribution in [2.75, 3.05) is 19.8 Å². The number of amides is 2. The van der Waals surface area contributed by atoms with Crippen LogP contribution in [-0.2, 0) is 14.3 Å². The van der Waals surface area contributed by atoms with Crippen molar-refractivity contribution >= 4 is 18.2 Å². The number of carbonyl (C=O) groups is 3. The molecule has 8 nitrogen and oxygen atoms in total. The van der Waals surface area contributed by atoms with Crippen molar-refractivity contribution in [2.24, 2.45) is 0 Å². The van der Waals surface area contributed by atoms with Gasteiger partial charge in [0.05, 0.1) is 6.54 Å². The minimum atomic E-state index is -1.20. The molecule has 1 N–H and O–H groups in total. The zero-order valence-corrected chi connectivity index (χ0v) is 18.3. The molecule has 0 spiro atoms. The van der Waals surface area contributed by atoms with E-state index in [1.807, 2.05) is 48.5 Å². The number of nitrogens with zero attached hydrogens (tertiary/aromatic N) is 2. The Kier molecular flexibility index (Phi) is 5.54. The van der Waals surface area contributed by atoms with Crippen molar-refractivity contribution in [1.82, 2.24) is 9.80 Å². The number of hydrogen-bond acceptors (Lipinski definition) is 5. The lowest BCUT2D eigenvalue weighted by molar-refractivity contribution is -0.141. The van der Waals surface area contributed by atoms with Crippen LogP contribution in [0.25, 0.3) is 11.1 Å². The van der Waals surface area contributed by atoms with Crippen LogP contribution in [0.4, 0.5) is 9.59 Å². The van der Waals surface area contributed by atoms with E-state index in [4.69, 9.17) is 9.47 Å². The summed E-state index contributed by atoms with van der Waals surface area (Å²) in [4.78, 5) is 39.2. The van der Waals surface area contributed by atoms with Gasteiger partial charge in [-0.3, -0.25) is 9.80 Å². The van der Waals surface area contributed by atoms with Gasteiger partial charge < -0.3 is 14.6 Å². The first-order chi connectivity index (χ1) is 15.2. The Morgan fingerprint density at radius 1 is 0.969 bits per heavy atom. The Morgan fingerprint density at radius 3 is 2.06 bits per heavy atom. The molecule has 1 aliphatic heterocycles. The Bertz CT molecular complexity index is 1010. The minimum absolute atomic E-state index is 0.0716. The number of carboxylic acid groups (broad SMARTS) is 1. The first-order valence-electron chi connectivity index (χ1n) is 10.5. The number of rotatable bonds is 3. The predicted molar refractivity (Wildman–Crippen MR) is 116 cm³/mol. The van der Waals surface area contributed by atoms with E-state index < -0.39 is 29.8 Å². The van der Waals surface area contributed by atoms with E-state index in [-0.39, 0.29) is 25.7 Å². The number of aliphatic carboxylic acids is 1. The van der Waals surface area contributed by atoms with Gasteiger partial charge in [-0.2, -0.15) is 0 Å². The summed E-state index contributed by atoms with van der Waals surface area (Å²) in [6.07, 6.45) is -1.44. The molecule has 1 fully saturated rings. The average molecular weight is 438 g/mol. The summed E-state index contributed by atoms with van der Waals surface area (Å²) in [6.45, 7) is 4.87. The molecule has 2 aromatic carbocycles. The molecule has 1 aliphatic carbocycles. The van der Waals surface area contributed by atoms with Crippen molar-refractivity contribution in [1.29, 1.82) is 0 Å². The quantitative estimate of drug-likeness (QED) is 0.781. The number of benzene rings is 2. The Balaban J connectivity index is 1.48. The maximum absolute atomic E-state index is 12.9. The molecular weight excluding hydrogens is 412 g/mol. The van der Waals surface area contributed by atoms with Crippen LogP contribution >= 0.6 is 0 Å². The highest BCUT2D eigenvalue weighted by atomic mass is 16.6. The molecule has 1 heterocycles. The largest absolute Gasteiger partial charge is 0.480 e. The molecule has 0 saturated carbocycles. The number of carboxylic acids is 1. The van der Waals surface area contributed by atoms with E-state index in [0.29, 0.717) is 0 Å². The molecule has 0 aromatic heterocycles. The van der Waals surface area contributed by atoms with Gasteiger partial charge in [-0.1, -0.05) is 48.5 Å². The van der Waals surface area contributed by atoms with E-state index in [2.05, 4.69) is 0 Å². The SMILES string of the molecule is CC(C)(C)OC(=O)N1CC(C(=O)O)N(C(=O)OCC2c3ccccc3-c3ccccc32)C1. The molecule has 4 rings (SSSR count). The van der Waals surface area contributed by atoms with Gasteiger partial charge in [0.15, 0.2) is 6.04 Å². The van der Waals surface area contributed by atoms with E-state index in [1.165, 1.54) is 4.90 Å². The highest BCUT2D eigenvalue weighted by molar-refractivity contribution is 5.83. The lowest BCUT2D eigenvalue weighted by atomic mass is 9.98. The molecule has 168 valence electrons. The van der Waals surface area contributed by atoms with Crippen LogP contribution in [0.15, 0.2) is 48.5 Å². The second-order valence-corrected chi connectivity index (χ2v) is 8.97. The minimum Gasteiger partial charge on any atom is -0.480 e. The van der Waals surface area contributed by atoms with Crippen molar-refractivity contribution in [2.45, 2.75) is 38.3 Å². The van der Waals surface area contributed by atoms with Gasteiger partial charge in [-0.15, -0.1) is 0 Å². The Morgan fingerprint density at radius 2 is 1.53 bits per heavy atom. The maximum Gasteiger partial charge on any atom is 0.412 e. The number of hydrogen-bond donors (Lipinski definition) is 1. The van der Waals surface area contributed by atoms with Gasteiger partial charge in [0.25, 0.3) is 0 Å². The lowest BCUT2D eigenvalue weighted by Gasteiger charge is -2.24. The van der Waals surface area contributed by atoms with Gasteiger partial charge >= 0.3 is 18.2 Å². The van der Waals surface area contributed by atoms with E-state index >= 15 is 0 Å². The summed E-state index contributed by atoms with van der Waals surface area (Å²) in [7, 11) is 0. The van der Waals surface area contributed by atoms with Gasteiger partial charge in [0.1, 0.15) is 18.9 Å². The number of ether oxygens (including phenoxy) is 2. The molecule has 1 saturated heterocycles. The average Bonchev–Trinajstić information content (AvgIpc) is 3.32. The van der Waals surface area contributed by atoms with Crippen molar-refractivity contribution in [3.63, 3.8) is 0 Å². The summed E-state index contributed by atoms with van der Waals surface area (Å²) in [5.74, 6) is -1.34. The van der Waals surface area contributed by atoms with E-state index in [1.54, 1.807) is 20.8 Å². The molecule has 0 radical (unpaired) electrons. The third-order valence-electron chi connectivity index (χ3n) is 5.60. The van der Waals surface area contributed by atoms with Crippen LogP contribution in [0.3, 0.4) is 0 Å². The summed E-state index contributed by atoms with van der Waals surface area (Å²) in [6, 6.07) is 14.7. The zero-order chi connectivity index (χ0) is 23.0. The standard InChI is InChI=1S/C24H26N2O6/c1-24(2,3)32-22(29)25-12-20(21(27)28)26(14-25)23(30)31-13-19-17-10-6-4-8-15(17)16-9-5-7-11-18(16)19/h4-11,19-20H,12-14H2,1-3H3,(H,27,28). The Labute approximate surface area is 186 Å². The molecule has 1 unspecified atom stereocenters. The first-order valence-corrected chi connectivity index (χ1v) is 10.5. The summed E-state index contributed by atoms with van der Waals surface area (Å²) in [5, 5.41) is 9.58. The predicted octanol–water partition coefficient (Wildman–Crippen LogP) is 3.90. The van der Waals surface area contributed by atoms with E-state index in [0.717, 1.165) is 27.2 Å². The molecular formula is C24H26N2O6. The fourth-order valence-corrected chi connectivity index (χ4v) is 4.18. The van der Waals surface area contributed by atoms with Gasteiger partial charge in [-0.25, -0.2) is 14.4 Å². The summed E-state index contributed by atoms with van der Waals surface area (Å²) in [5.41, 5.74) is 3.60. The van der Waals surface area contributed by atoms with Crippen LogP contribution in [0.5, 0.6) is 0 Å². The highest BCUT2D eigenvalue weighted by Crippen LogP contribution is 2.44. The van der Waals surface area contributed by atoms with Crippen molar-refractivity contribution in [3.05, 3.63) is 59.7 Å². The normalized spacial score (nSPS) is 17.7. The number of carbonyl (C=O) groups excluding carboxylic acids is 2. The maximum atomic E-state index is 12.9. The molecule has 32 heavy (non-hydrogen) atoms. The summed E-state index contributed by atoms with van der Waals surface area (Å²) < 4.78 is 10.9. The van der Waals surface area contributed by atoms with Crippen LogP contribution in [0.2, 0.25) is 0 Å². The second-order valence-electron chi connectivity index (χ2n) is 8.97. The topological polar surface area (TPSA) is 96.4 Å². The number of fused-ring (bicyclic) bond motifs is 3. The van der Waals surface area contributed by atoms with Crippen molar-refractivity contribution < 1.29 is 29.0 Å². The molecule has 1 atom stereocenters. The molecule has 2 amide bonds. The fourth-order valence-electron chi connectivity index (χ4n) is 4.18. The van der Waals surface area contributed by atoms with Crippen LogP contribution < -0.4 is 0 Å². The van der Waals surface area contributed by atoms with E-state index in [9.17, 15) is 19.5 Å². The summed E-state index contributed by atoms with van der Waals surface area (Å²) >= 11 is 0. The smallest absolute Gasteiger partial charge is 0.412 e.